The Morgan fingerprint density at radius 3 is 2.03 bits per heavy atom. The molecule has 6 rings (SSSR count). The Labute approximate surface area is 204 Å². The summed E-state index contributed by atoms with van der Waals surface area (Å²) in [4.78, 5) is 14.2. The van der Waals surface area contributed by atoms with Crippen LogP contribution in [0.2, 0.25) is 0 Å². The van der Waals surface area contributed by atoms with E-state index in [0.717, 1.165) is 36.8 Å². The Balaban J connectivity index is 1.44. The lowest BCUT2D eigenvalue weighted by Crippen LogP contribution is -2.40. The summed E-state index contributed by atoms with van der Waals surface area (Å²) >= 11 is 0. The van der Waals surface area contributed by atoms with E-state index in [4.69, 9.17) is 0 Å². The topological polar surface area (TPSA) is 40.5 Å². The van der Waals surface area contributed by atoms with Gasteiger partial charge in [-0.2, -0.15) is 0 Å². The highest BCUT2D eigenvalue weighted by Crippen LogP contribution is 2.58. The average molecular weight is 456 g/mol. The number of hydrogen-bond acceptors (Lipinski definition) is 2. The predicted octanol–water partition coefficient (Wildman–Crippen LogP) is 6.92. The molecule has 4 saturated carbocycles. The van der Waals surface area contributed by atoms with Gasteiger partial charge in [0, 0.05) is 19.7 Å². The van der Waals surface area contributed by atoms with Gasteiger partial charge in [0.25, 0.3) is 0 Å². The van der Waals surface area contributed by atoms with Crippen molar-refractivity contribution in [2.45, 2.75) is 51.9 Å². The van der Waals surface area contributed by atoms with E-state index in [-0.39, 0.29) is 5.91 Å². The van der Waals surface area contributed by atoms with Gasteiger partial charge < -0.3 is 10.0 Å². The number of phenolic OH excluding ortho intramolecular Hbond substituents is 1. The molecule has 4 fully saturated rings. The van der Waals surface area contributed by atoms with E-state index < -0.39 is 0 Å². The first-order valence-corrected chi connectivity index (χ1v) is 13.1. The highest BCUT2D eigenvalue weighted by atomic mass is 16.3. The normalized spacial score (nSPS) is 25.2. The molecular formula is C31H37NO2. The van der Waals surface area contributed by atoms with Crippen LogP contribution < -0.4 is 0 Å². The maximum atomic E-state index is 12.4. The van der Waals surface area contributed by atoms with Gasteiger partial charge >= 0.3 is 0 Å². The number of likely N-dealkylation sites (N-methyl/N-ethyl adjacent to an activating group) is 1. The van der Waals surface area contributed by atoms with Crippen molar-refractivity contribution in [3.05, 3.63) is 76.9 Å². The molecule has 0 spiro atoms. The summed E-state index contributed by atoms with van der Waals surface area (Å²) < 4.78 is 0. The molecule has 3 nitrogen and oxygen atoms in total. The molecule has 178 valence electrons. The van der Waals surface area contributed by atoms with E-state index in [1.807, 2.05) is 25.3 Å². The molecule has 34 heavy (non-hydrogen) atoms. The molecule has 1 N–H and O–H groups in total. The second-order valence-electron chi connectivity index (χ2n) is 10.8. The number of carbonyl (C=O) groups excluding carboxylic acids is 1. The molecule has 4 aliphatic rings. The first-order valence-electron chi connectivity index (χ1n) is 13.1. The minimum Gasteiger partial charge on any atom is -0.508 e. The zero-order valence-electron chi connectivity index (χ0n) is 20.5. The number of nitrogens with zero attached hydrogens (tertiary/aromatic N) is 1. The van der Waals surface area contributed by atoms with Crippen LogP contribution in [0.3, 0.4) is 0 Å². The van der Waals surface area contributed by atoms with Crippen molar-refractivity contribution in [2.75, 3.05) is 13.6 Å². The molecule has 0 heterocycles. The highest BCUT2D eigenvalue weighted by Gasteiger charge is 2.46. The SMILES string of the molecule is CCCCN(C)C(=O)/C=C/c1ccc(C(=C2C3CC4CC(C3)CC2C4)c2ccc(O)cc2)cc1. The molecule has 3 heteroatoms. The third kappa shape index (κ3) is 4.71. The van der Waals surface area contributed by atoms with Crippen LogP contribution in [-0.2, 0) is 4.79 Å². The monoisotopic (exact) mass is 455 g/mol. The van der Waals surface area contributed by atoms with Gasteiger partial charge in [0.05, 0.1) is 0 Å². The van der Waals surface area contributed by atoms with Crippen molar-refractivity contribution < 1.29 is 9.90 Å². The fraction of sp³-hybridized carbons (Fsp3) is 0.452. The number of phenols is 1. The Morgan fingerprint density at radius 2 is 1.47 bits per heavy atom. The Kier molecular flexibility index (Phi) is 6.63. The maximum Gasteiger partial charge on any atom is 0.246 e. The molecule has 1 amide bonds. The number of unbranched alkanes of at least 4 members (excludes halogenated alkanes) is 1. The van der Waals surface area contributed by atoms with Gasteiger partial charge in [0.2, 0.25) is 5.91 Å². The molecule has 0 saturated heterocycles. The van der Waals surface area contributed by atoms with Crippen LogP contribution in [0.15, 0.2) is 60.2 Å². The lowest BCUT2D eigenvalue weighted by atomic mass is 9.53. The van der Waals surface area contributed by atoms with Gasteiger partial charge in [-0.25, -0.2) is 0 Å². The minimum absolute atomic E-state index is 0.0537. The quantitative estimate of drug-likeness (QED) is 0.460. The molecule has 2 aromatic carbocycles. The van der Waals surface area contributed by atoms with E-state index in [1.54, 1.807) is 16.5 Å². The molecule has 2 aromatic rings. The largest absolute Gasteiger partial charge is 0.508 e. The van der Waals surface area contributed by atoms with Gasteiger partial charge in [-0.1, -0.05) is 55.3 Å². The molecule has 4 bridgehead atoms. The van der Waals surface area contributed by atoms with Crippen LogP contribution >= 0.6 is 0 Å². The van der Waals surface area contributed by atoms with E-state index >= 15 is 0 Å². The average Bonchev–Trinajstić information content (AvgIpc) is 2.84. The Morgan fingerprint density at radius 1 is 0.912 bits per heavy atom. The van der Waals surface area contributed by atoms with Gasteiger partial charge in [-0.15, -0.1) is 0 Å². The van der Waals surface area contributed by atoms with Crippen LogP contribution in [0, 0.1) is 23.7 Å². The van der Waals surface area contributed by atoms with Gasteiger partial charge in [0.15, 0.2) is 0 Å². The number of hydrogen-bond donors (Lipinski definition) is 1. The summed E-state index contributed by atoms with van der Waals surface area (Å²) in [6.45, 7) is 2.94. The zero-order chi connectivity index (χ0) is 23.7. The van der Waals surface area contributed by atoms with Crippen molar-refractivity contribution in [3.63, 3.8) is 0 Å². The van der Waals surface area contributed by atoms with Crippen molar-refractivity contribution in [2.24, 2.45) is 23.7 Å². The van der Waals surface area contributed by atoms with E-state index in [0.29, 0.717) is 17.6 Å². The fourth-order valence-corrected chi connectivity index (χ4v) is 6.79. The van der Waals surface area contributed by atoms with Crippen molar-refractivity contribution in [1.29, 1.82) is 0 Å². The molecule has 4 aliphatic carbocycles. The lowest BCUT2D eigenvalue weighted by molar-refractivity contribution is -0.124. The summed E-state index contributed by atoms with van der Waals surface area (Å²) in [5, 5.41) is 9.89. The molecule has 0 aliphatic heterocycles. The van der Waals surface area contributed by atoms with Crippen LogP contribution in [-0.4, -0.2) is 29.5 Å². The summed E-state index contributed by atoms with van der Waals surface area (Å²) in [7, 11) is 1.87. The summed E-state index contributed by atoms with van der Waals surface area (Å²) in [6.07, 6.45) is 12.6. The Bertz CT molecular complexity index is 1050. The first kappa shape index (κ1) is 23.0. The van der Waals surface area contributed by atoms with E-state index in [9.17, 15) is 9.90 Å². The molecule has 0 aromatic heterocycles. The predicted molar refractivity (Wildman–Crippen MR) is 139 cm³/mol. The number of benzene rings is 2. The Hall–Kier alpha value is -2.81. The first-order chi connectivity index (χ1) is 16.5. The van der Waals surface area contributed by atoms with Gasteiger partial charge in [0.1, 0.15) is 5.75 Å². The van der Waals surface area contributed by atoms with E-state index in [2.05, 4.69) is 43.3 Å². The van der Waals surface area contributed by atoms with Gasteiger partial charge in [-0.05, 0) is 103 Å². The standard InChI is InChI=1S/C31H37NO2/c1-3-4-15-32(2)29(34)14-7-21-5-8-24(9-6-21)30(25-10-12-28(33)13-11-25)31-26-17-22-16-23(19-26)20-27(31)18-22/h5-14,22-23,26-27,33H,3-4,15-20H2,1-2H3/b14-7+,31-30?. The maximum absolute atomic E-state index is 12.4. The second kappa shape index (κ2) is 9.82. The van der Waals surface area contributed by atoms with Crippen molar-refractivity contribution >= 4 is 17.6 Å². The minimum atomic E-state index is 0.0537. The van der Waals surface area contributed by atoms with Crippen LogP contribution in [0.4, 0.5) is 0 Å². The van der Waals surface area contributed by atoms with Gasteiger partial charge in [-0.3, -0.25) is 4.79 Å². The lowest BCUT2D eigenvalue weighted by Gasteiger charge is -2.52. The molecule has 0 atom stereocenters. The summed E-state index contributed by atoms with van der Waals surface area (Å²) in [6, 6.07) is 16.4. The number of rotatable bonds is 7. The van der Waals surface area contributed by atoms with Crippen LogP contribution in [0.1, 0.15) is 68.6 Å². The highest BCUT2D eigenvalue weighted by molar-refractivity contribution is 5.91. The molecule has 0 unspecified atom stereocenters. The zero-order valence-corrected chi connectivity index (χ0v) is 20.5. The third-order valence-electron chi connectivity index (χ3n) is 8.30. The summed E-state index contributed by atoms with van der Waals surface area (Å²) in [5.41, 5.74) is 6.53. The smallest absolute Gasteiger partial charge is 0.246 e. The third-order valence-corrected chi connectivity index (χ3v) is 8.30. The number of amides is 1. The number of allylic oxidation sites excluding steroid dienone is 1. The van der Waals surface area contributed by atoms with Crippen molar-refractivity contribution in [1.82, 2.24) is 4.90 Å². The van der Waals surface area contributed by atoms with Crippen LogP contribution in [0.5, 0.6) is 5.75 Å². The van der Waals surface area contributed by atoms with E-state index in [1.165, 1.54) is 48.8 Å². The molecular weight excluding hydrogens is 418 g/mol. The summed E-state index contributed by atoms with van der Waals surface area (Å²) in [5.74, 6) is 3.62. The van der Waals surface area contributed by atoms with Crippen molar-refractivity contribution in [3.8, 4) is 5.75 Å². The number of aromatic hydroxyl groups is 1. The molecule has 0 radical (unpaired) electrons. The number of carbonyl (C=O) groups is 1. The fourth-order valence-electron chi connectivity index (χ4n) is 6.79. The second-order valence-corrected chi connectivity index (χ2v) is 10.8. The van der Waals surface area contributed by atoms with Crippen LogP contribution in [0.25, 0.3) is 11.6 Å².